The Hall–Kier alpha value is -3.13. The molecule has 8 nitrogen and oxygen atoms in total. The molecular formula is C16H18N6O2. The van der Waals surface area contributed by atoms with Crippen molar-refractivity contribution in [3.8, 4) is 0 Å². The van der Waals surface area contributed by atoms with E-state index in [4.69, 9.17) is 5.84 Å². The molecule has 2 amide bonds. The Morgan fingerprint density at radius 1 is 1.38 bits per heavy atom. The van der Waals surface area contributed by atoms with E-state index in [1.54, 1.807) is 6.07 Å². The smallest absolute Gasteiger partial charge is 0.320 e. The SMILES string of the molecule is CC(NC(=O)Nc1cc2c(cnn2N)c(CO)n1)c1ccccc1. The summed E-state index contributed by atoms with van der Waals surface area (Å²) in [6.45, 7) is 1.61. The van der Waals surface area contributed by atoms with Crippen LogP contribution < -0.4 is 16.5 Å². The van der Waals surface area contributed by atoms with Gasteiger partial charge in [0.1, 0.15) is 5.82 Å². The van der Waals surface area contributed by atoms with E-state index in [1.807, 2.05) is 37.3 Å². The highest BCUT2D eigenvalue weighted by Gasteiger charge is 2.13. The molecule has 1 aromatic carbocycles. The van der Waals surface area contributed by atoms with Gasteiger partial charge in [-0.25, -0.2) is 9.78 Å². The minimum atomic E-state index is -0.398. The lowest BCUT2D eigenvalue weighted by atomic mass is 10.1. The van der Waals surface area contributed by atoms with Gasteiger partial charge in [-0.2, -0.15) is 9.89 Å². The number of pyridine rings is 1. The summed E-state index contributed by atoms with van der Waals surface area (Å²) < 4.78 is 0. The van der Waals surface area contributed by atoms with Gasteiger partial charge < -0.3 is 16.3 Å². The third-order valence-electron chi connectivity index (χ3n) is 3.71. The lowest BCUT2D eigenvalue weighted by Crippen LogP contribution is -2.31. The van der Waals surface area contributed by atoms with Crippen LogP contribution in [-0.2, 0) is 6.61 Å². The summed E-state index contributed by atoms with van der Waals surface area (Å²) in [5.74, 6) is 6.01. The number of hydrogen-bond acceptors (Lipinski definition) is 5. The third-order valence-corrected chi connectivity index (χ3v) is 3.71. The number of aliphatic hydroxyl groups is 1. The van der Waals surface area contributed by atoms with Crippen LogP contribution in [-0.4, -0.2) is 26.0 Å². The molecule has 124 valence electrons. The van der Waals surface area contributed by atoms with Gasteiger partial charge in [0.2, 0.25) is 0 Å². The predicted molar refractivity (Wildman–Crippen MR) is 90.6 cm³/mol. The molecule has 3 rings (SSSR count). The zero-order valence-corrected chi connectivity index (χ0v) is 13.1. The molecule has 2 aromatic heterocycles. The van der Waals surface area contributed by atoms with Gasteiger partial charge >= 0.3 is 6.03 Å². The molecule has 2 heterocycles. The van der Waals surface area contributed by atoms with Gasteiger partial charge in [-0.3, -0.25) is 5.32 Å². The number of anilines is 1. The van der Waals surface area contributed by atoms with E-state index in [9.17, 15) is 9.90 Å². The third kappa shape index (κ3) is 3.13. The summed E-state index contributed by atoms with van der Waals surface area (Å²) in [6.07, 6.45) is 1.52. The number of fused-ring (bicyclic) bond motifs is 1. The maximum absolute atomic E-state index is 12.2. The lowest BCUT2D eigenvalue weighted by Gasteiger charge is -2.15. The number of nitrogens with zero attached hydrogens (tertiary/aromatic N) is 3. The van der Waals surface area contributed by atoms with Crippen molar-refractivity contribution >= 4 is 22.8 Å². The quantitative estimate of drug-likeness (QED) is 0.542. The Balaban J connectivity index is 1.77. The van der Waals surface area contributed by atoms with Gasteiger partial charge in [0.15, 0.2) is 0 Å². The van der Waals surface area contributed by atoms with Crippen LogP contribution in [0.5, 0.6) is 0 Å². The van der Waals surface area contributed by atoms with Crippen LogP contribution in [0.3, 0.4) is 0 Å². The molecule has 5 N–H and O–H groups in total. The molecule has 0 fully saturated rings. The second kappa shape index (κ2) is 6.55. The molecule has 1 atom stereocenters. The van der Waals surface area contributed by atoms with Gasteiger partial charge in [0.25, 0.3) is 0 Å². The average Bonchev–Trinajstić information content (AvgIpc) is 2.96. The summed E-state index contributed by atoms with van der Waals surface area (Å²) in [5, 5.41) is 19.5. The molecule has 8 heteroatoms. The molecule has 3 aromatic rings. The van der Waals surface area contributed by atoms with Gasteiger partial charge in [-0.1, -0.05) is 30.3 Å². The molecule has 0 spiro atoms. The van der Waals surface area contributed by atoms with Gasteiger partial charge in [0.05, 0.1) is 30.1 Å². The summed E-state index contributed by atoms with van der Waals surface area (Å²) in [7, 11) is 0. The maximum atomic E-state index is 12.2. The number of carbonyl (C=O) groups is 1. The summed E-state index contributed by atoms with van der Waals surface area (Å²) in [4.78, 5) is 17.6. The van der Waals surface area contributed by atoms with Crippen LogP contribution in [0.1, 0.15) is 24.2 Å². The lowest BCUT2D eigenvalue weighted by molar-refractivity contribution is 0.249. The molecule has 0 saturated heterocycles. The first-order valence-corrected chi connectivity index (χ1v) is 7.44. The molecule has 0 aliphatic rings. The largest absolute Gasteiger partial charge is 0.390 e. The molecule has 0 radical (unpaired) electrons. The first-order chi connectivity index (χ1) is 11.6. The Morgan fingerprint density at radius 2 is 2.12 bits per heavy atom. The first-order valence-electron chi connectivity index (χ1n) is 7.44. The Bertz CT molecular complexity index is 862. The summed E-state index contributed by atoms with van der Waals surface area (Å²) in [5.41, 5.74) is 1.96. The van der Waals surface area contributed by atoms with Crippen LogP contribution in [0.2, 0.25) is 0 Å². The summed E-state index contributed by atoms with van der Waals surface area (Å²) in [6, 6.07) is 10.7. The van der Waals surface area contributed by atoms with E-state index in [2.05, 4.69) is 20.7 Å². The predicted octanol–water partition coefficient (Wildman–Crippen LogP) is 1.52. The summed E-state index contributed by atoms with van der Waals surface area (Å²) >= 11 is 0. The van der Waals surface area contributed by atoms with Crippen molar-refractivity contribution in [1.82, 2.24) is 20.2 Å². The van der Waals surface area contributed by atoms with Crippen LogP contribution in [0.25, 0.3) is 10.9 Å². The van der Waals surface area contributed by atoms with E-state index >= 15 is 0 Å². The molecule has 1 unspecified atom stereocenters. The Morgan fingerprint density at radius 3 is 2.83 bits per heavy atom. The first kappa shape index (κ1) is 15.8. The zero-order valence-electron chi connectivity index (χ0n) is 13.1. The number of nitrogens with one attached hydrogen (secondary N) is 2. The fourth-order valence-corrected chi connectivity index (χ4v) is 2.46. The van der Waals surface area contributed by atoms with Crippen molar-refractivity contribution in [2.24, 2.45) is 0 Å². The standard InChI is InChI=1S/C16H18N6O2/c1-10(11-5-3-2-4-6-11)19-16(24)21-15-7-14-12(8-18-22(14)17)13(9-23)20-15/h2-8,10,23H,9,17H2,1H3,(H2,19,20,21,24). The van der Waals surface area contributed by atoms with Crippen LogP contribution in [0.4, 0.5) is 10.6 Å². The van der Waals surface area contributed by atoms with Crippen molar-refractivity contribution in [3.05, 3.63) is 53.9 Å². The highest BCUT2D eigenvalue weighted by atomic mass is 16.3. The minimum absolute atomic E-state index is 0.160. The maximum Gasteiger partial charge on any atom is 0.320 e. The molecule has 0 aliphatic heterocycles. The number of amides is 2. The number of aliphatic hydroxyl groups excluding tert-OH is 1. The number of urea groups is 1. The zero-order chi connectivity index (χ0) is 17.1. The second-order valence-electron chi connectivity index (χ2n) is 5.37. The van der Waals surface area contributed by atoms with Crippen molar-refractivity contribution in [2.75, 3.05) is 11.2 Å². The Labute approximate surface area is 138 Å². The van der Waals surface area contributed by atoms with E-state index in [0.717, 1.165) is 5.56 Å². The van der Waals surface area contributed by atoms with Crippen molar-refractivity contribution in [3.63, 3.8) is 0 Å². The fraction of sp³-hybridized carbons (Fsp3) is 0.188. The molecule has 0 saturated carbocycles. The number of rotatable bonds is 4. The average molecular weight is 326 g/mol. The van der Waals surface area contributed by atoms with E-state index in [-0.39, 0.29) is 18.5 Å². The van der Waals surface area contributed by atoms with Gasteiger partial charge in [0, 0.05) is 11.5 Å². The number of benzene rings is 1. The van der Waals surface area contributed by atoms with E-state index in [1.165, 1.54) is 11.0 Å². The van der Waals surface area contributed by atoms with Crippen LogP contribution >= 0.6 is 0 Å². The minimum Gasteiger partial charge on any atom is -0.390 e. The molecule has 24 heavy (non-hydrogen) atoms. The van der Waals surface area contributed by atoms with Crippen LogP contribution in [0, 0.1) is 0 Å². The number of nitrogens with two attached hydrogens (primary N) is 1. The van der Waals surface area contributed by atoms with Crippen molar-refractivity contribution < 1.29 is 9.90 Å². The fourth-order valence-electron chi connectivity index (χ4n) is 2.46. The van der Waals surface area contributed by atoms with Crippen molar-refractivity contribution in [1.29, 1.82) is 0 Å². The topological polar surface area (TPSA) is 118 Å². The highest BCUT2D eigenvalue weighted by Crippen LogP contribution is 2.20. The number of hydrogen-bond donors (Lipinski definition) is 4. The highest BCUT2D eigenvalue weighted by molar-refractivity contribution is 5.91. The Kier molecular flexibility index (Phi) is 4.30. The van der Waals surface area contributed by atoms with Gasteiger partial charge in [-0.15, -0.1) is 0 Å². The van der Waals surface area contributed by atoms with E-state index in [0.29, 0.717) is 16.6 Å². The molecular weight excluding hydrogens is 308 g/mol. The number of nitrogen functional groups attached to an aromatic ring is 1. The van der Waals surface area contributed by atoms with E-state index < -0.39 is 6.03 Å². The number of carbonyl (C=O) groups excluding carboxylic acids is 1. The number of aromatic nitrogens is 3. The normalized spacial score (nSPS) is 12.1. The van der Waals surface area contributed by atoms with Crippen molar-refractivity contribution in [2.45, 2.75) is 19.6 Å². The monoisotopic (exact) mass is 326 g/mol. The van der Waals surface area contributed by atoms with Crippen LogP contribution in [0.15, 0.2) is 42.6 Å². The molecule has 0 aliphatic carbocycles. The second-order valence-corrected chi connectivity index (χ2v) is 5.37. The molecule has 0 bridgehead atoms. The van der Waals surface area contributed by atoms with Gasteiger partial charge in [-0.05, 0) is 12.5 Å².